The van der Waals surface area contributed by atoms with E-state index in [2.05, 4.69) is 10.6 Å². The summed E-state index contributed by atoms with van der Waals surface area (Å²) in [5, 5.41) is 5.51. The van der Waals surface area contributed by atoms with Crippen molar-refractivity contribution >= 4 is 23.2 Å². The largest absolute Gasteiger partial charge is 0.459 e. The van der Waals surface area contributed by atoms with Gasteiger partial charge in [-0.2, -0.15) is 0 Å². The van der Waals surface area contributed by atoms with Crippen LogP contribution in [0.15, 0.2) is 81.8 Å². The van der Waals surface area contributed by atoms with Crippen molar-refractivity contribution in [2.24, 2.45) is 0 Å². The van der Waals surface area contributed by atoms with E-state index >= 15 is 0 Å². The molecule has 4 aromatic rings. The van der Waals surface area contributed by atoms with E-state index in [4.69, 9.17) is 8.83 Å². The summed E-state index contributed by atoms with van der Waals surface area (Å²) in [7, 11) is 0. The fourth-order valence-electron chi connectivity index (χ4n) is 2.94. The fourth-order valence-corrected chi connectivity index (χ4v) is 2.94. The molecule has 6 nitrogen and oxygen atoms in total. The van der Waals surface area contributed by atoms with Gasteiger partial charge in [0.15, 0.2) is 11.5 Å². The third kappa shape index (κ3) is 4.17. The van der Waals surface area contributed by atoms with Gasteiger partial charge in [0.2, 0.25) is 0 Å². The van der Waals surface area contributed by atoms with Gasteiger partial charge in [0.1, 0.15) is 5.76 Å². The van der Waals surface area contributed by atoms with Crippen LogP contribution in [0.4, 0.5) is 11.4 Å². The lowest BCUT2D eigenvalue weighted by Crippen LogP contribution is -2.12. The number of hydrogen-bond donors (Lipinski definition) is 2. The molecule has 0 atom stereocenters. The molecular weight excluding hydrogens is 380 g/mol. The summed E-state index contributed by atoms with van der Waals surface area (Å²) >= 11 is 0. The molecular formula is C24H20N2O4. The highest BCUT2D eigenvalue weighted by molar-refractivity contribution is 6.04. The van der Waals surface area contributed by atoms with Crippen LogP contribution in [0.25, 0.3) is 11.3 Å². The van der Waals surface area contributed by atoms with Crippen LogP contribution in [0.1, 0.15) is 32.2 Å². The van der Waals surface area contributed by atoms with Crippen LogP contribution < -0.4 is 10.6 Å². The minimum Gasteiger partial charge on any atom is -0.459 e. The lowest BCUT2D eigenvalue weighted by atomic mass is 10.1. The standard InChI is InChI=1S/C24H20N2O4/c1-15-5-6-17(14-16(15)2)20-11-12-22(30-20)24(28)26-19-9-7-18(8-10-19)25-23(27)21-4-3-13-29-21/h3-14H,1-2H3,(H,25,27)(H,26,28). The van der Waals surface area contributed by atoms with E-state index in [1.807, 2.05) is 32.0 Å². The van der Waals surface area contributed by atoms with Gasteiger partial charge in [-0.15, -0.1) is 0 Å². The molecule has 2 aromatic carbocycles. The number of hydrogen-bond acceptors (Lipinski definition) is 4. The van der Waals surface area contributed by atoms with Crippen molar-refractivity contribution in [3.05, 3.63) is 95.6 Å². The molecule has 0 fully saturated rings. The molecule has 0 bridgehead atoms. The van der Waals surface area contributed by atoms with Gasteiger partial charge < -0.3 is 19.5 Å². The number of amides is 2. The second-order valence-electron chi connectivity index (χ2n) is 6.93. The first-order valence-electron chi connectivity index (χ1n) is 9.43. The van der Waals surface area contributed by atoms with Crippen LogP contribution in [-0.2, 0) is 0 Å². The number of carbonyl (C=O) groups is 2. The van der Waals surface area contributed by atoms with Crippen molar-refractivity contribution in [3.8, 4) is 11.3 Å². The maximum Gasteiger partial charge on any atom is 0.291 e. The molecule has 0 aliphatic rings. The van der Waals surface area contributed by atoms with E-state index in [1.54, 1.807) is 48.5 Å². The quantitative estimate of drug-likeness (QED) is 0.453. The number of nitrogens with one attached hydrogen (secondary N) is 2. The van der Waals surface area contributed by atoms with Gasteiger partial charge in [-0.25, -0.2) is 0 Å². The first-order chi connectivity index (χ1) is 14.5. The first-order valence-corrected chi connectivity index (χ1v) is 9.43. The second kappa shape index (κ2) is 8.13. The second-order valence-corrected chi connectivity index (χ2v) is 6.93. The molecule has 0 aliphatic carbocycles. The predicted octanol–water partition coefficient (Wildman–Crippen LogP) is 5.66. The minimum absolute atomic E-state index is 0.221. The topological polar surface area (TPSA) is 84.5 Å². The predicted molar refractivity (Wildman–Crippen MR) is 115 cm³/mol. The summed E-state index contributed by atoms with van der Waals surface area (Å²) in [5.74, 6) is 0.395. The highest BCUT2D eigenvalue weighted by Gasteiger charge is 2.13. The van der Waals surface area contributed by atoms with Crippen LogP contribution in [-0.4, -0.2) is 11.8 Å². The van der Waals surface area contributed by atoms with E-state index < -0.39 is 0 Å². The Morgan fingerprint density at radius 2 is 1.40 bits per heavy atom. The maximum atomic E-state index is 12.5. The smallest absolute Gasteiger partial charge is 0.291 e. The van der Waals surface area contributed by atoms with Gasteiger partial charge in [-0.1, -0.05) is 12.1 Å². The normalized spacial score (nSPS) is 10.6. The summed E-state index contributed by atoms with van der Waals surface area (Å²) in [6.07, 6.45) is 1.44. The monoisotopic (exact) mass is 400 g/mol. The van der Waals surface area contributed by atoms with Crippen molar-refractivity contribution in [2.75, 3.05) is 10.6 Å². The third-order valence-corrected chi connectivity index (χ3v) is 4.77. The summed E-state index contributed by atoms with van der Waals surface area (Å²) in [6.45, 7) is 4.09. The SMILES string of the molecule is Cc1ccc(-c2ccc(C(=O)Nc3ccc(NC(=O)c4ccco4)cc3)o2)cc1C. The molecule has 2 aromatic heterocycles. The van der Waals surface area contributed by atoms with E-state index in [9.17, 15) is 9.59 Å². The van der Waals surface area contributed by atoms with E-state index in [1.165, 1.54) is 11.8 Å². The molecule has 2 heterocycles. The molecule has 6 heteroatoms. The Bertz CT molecular complexity index is 1190. The zero-order valence-corrected chi connectivity index (χ0v) is 16.6. The average Bonchev–Trinajstić information content (AvgIpc) is 3.44. The maximum absolute atomic E-state index is 12.5. The van der Waals surface area contributed by atoms with Gasteiger partial charge in [0.25, 0.3) is 11.8 Å². The third-order valence-electron chi connectivity index (χ3n) is 4.77. The Morgan fingerprint density at radius 3 is 2.00 bits per heavy atom. The van der Waals surface area contributed by atoms with Gasteiger partial charge >= 0.3 is 0 Å². The van der Waals surface area contributed by atoms with Gasteiger partial charge in [-0.3, -0.25) is 9.59 Å². The lowest BCUT2D eigenvalue weighted by Gasteiger charge is -2.06. The molecule has 30 heavy (non-hydrogen) atoms. The number of anilines is 2. The molecule has 0 spiro atoms. The Hall–Kier alpha value is -4.06. The zero-order chi connectivity index (χ0) is 21.1. The van der Waals surface area contributed by atoms with Crippen LogP contribution in [0.3, 0.4) is 0 Å². The average molecular weight is 400 g/mol. The van der Waals surface area contributed by atoms with Crippen LogP contribution in [0.5, 0.6) is 0 Å². The first kappa shape index (κ1) is 19.3. The fraction of sp³-hybridized carbons (Fsp3) is 0.0833. The van der Waals surface area contributed by atoms with Crippen molar-refractivity contribution in [3.63, 3.8) is 0 Å². The lowest BCUT2D eigenvalue weighted by molar-refractivity contribution is 0.0989. The van der Waals surface area contributed by atoms with Gasteiger partial charge in [0, 0.05) is 16.9 Å². The number of benzene rings is 2. The Labute approximate surface area is 173 Å². The van der Waals surface area contributed by atoms with Gasteiger partial charge in [0.05, 0.1) is 6.26 Å². The van der Waals surface area contributed by atoms with Crippen molar-refractivity contribution in [1.29, 1.82) is 0 Å². The Morgan fingerprint density at radius 1 is 0.733 bits per heavy atom. The highest BCUT2D eigenvalue weighted by Crippen LogP contribution is 2.25. The molecule has 0 aliphatic heterocycles. The molecule has 150 valence electrons. The zero-order valence-electron chi connectivity index (χ0n) is 16.6. The molecule has 0 saturated heterocycles. The molecule has 0 radical (unpaired) electrons. The molecule has 2 amide bonds. The molecule has 4 rings (SSSR count). The number of rotatable bonds is 5. The van der Waals surface area contributed by atoms with Crippen LogP contribution in [0.2, 0.25) is 0 Å². The van der Waals surface area contributed by atoms with Crippen molar-refractivity contribution < 1.29 is 18.4 Å². The highest BCUT2D eigenvalue weighted by atomic mass is 16.4. The Balaban J connectivity index is 1.41. The minimum atomic E-state index is -0.350. The van der Waals surface area contributed by atoms with Crippen LogP contribution >= 0.6 is 0 Å². The summed E-state index contributed by atoms with van der Waals surface area (Å²) < 4.78 is 10.8. The van der Waals surface area contributed by atoms with Gasteiger partial charge in [-0.05, 0) is 79.6 Å². The van der Waals surface area contributed by atoms with Crippen molar-refractivity contribution in [2.45, 2.75) is 13.8 Å². The molecule has 0 saturated carbocycles. The van der Waals surface area contributed by atoms with Crippen LogP contribution in [0, 0.1) is 13.8 Å². The van der Waals surface area contributed by atoms with E-state index in [0.29, 0.717) is 17.1 Å². The van der Waals surface area contributed by atoms with E-state index in [0.717, 1.165) is 11.1 Å². The molecule has 2 N–H and O–H groups in total. The van der Waals surface area contributed by atoms with E-state index in [-0.39, 0.29) is 23.3 Å². The summed E-state index contributed by atoms with van der Waals surface area (Å²) in [6, 6.07) is 19.5. The molecule has 0 unspecified atom stereocenters. The summed E-state index contributed by atoms with van der Waals surface area (Å²) in [4.78, 5) is 24.5. The number of carbonyl (C=O) groups excluding carboxylic acids is 2. The Kier molecular flexibility index (Phi) is 5.22. The van der Waals surface area contributed by atoms with Crippen molar-refractivity contribution in [1.82, 2.24) is 0 Å². The summed E-state index contributed by atoms with van der Waals surface area (Å²) in [5.41, 5.74) is 4.46. The number of furan rings is 2. The number of aryl methyl sites for hydroxylation is 2.